The van der Waals surface area contributed by atoms with Gasteiger partial charge in [-0.2, -0.15) is 0 Å². The van der Waals surface area contributed by atoms with E-state index in [-0.39, 0.29) is 18.9 Å². The molecule has 2 N–H and O–H groups in total. The zero-order valence-electron chi connectivity index (χ0n) is 10.4. The van der Waals surface area contributed by atoms with Crippen molar-refractivity contribution < 1.29 is 13.2 Å². The van der Waals surface area contributed by atoms with Crippen molar-refractivity contribution in [3.8, 4) is 0 Å². The minimum absolute atomic E-state index is 0.0342. The molecule has 1 rings (SSSR count). The monoisotopic (exact) mass is 263 g/mol. The van der Waals surface area contributed by atoms with Crippen molar-refractivity contribution in [3.05, 3.63) is 0 Å². The third-order valence-corrected chi connectivity index (χ3v) is 4.17. The van der Waals surface area contributed by atoms with Gasteiger partial charge in [0.15, 0.2) is 0 Å². The highest BCUT2D eigenvalue weighted by Gasteiger charge is 2.35. The summed E-state index contributed by atoms with van der Waals surface area (Å²) in [5, 5.41) is 4.33. The lowest BCUT2D eigenvalue weighted by atomic mass is 10.3. The van der Waals surface area contributed by atoms with E-state index in [1.807, 2.05) is 14.1 Å². The first-order valence-electron chi connectivity index (χ1n) is 5.75. The zero-order valence-corrected chi connectivity index (χ0v) is 11.2. The normalized spacial score (nSPS) is 21.5. The van der Waals surface area contributed by atoms with Crippen molar-refractivity contribution in [2.75, 3.05) is 33.7 Å². The molecule has 1 saturated heterocycles. The average Bonchev–Trinajstić information content (AvgIpc) is 2.54. The SMILES string of the molecule is CN(C)CCCCN1CC(S(N)(=O)=O)CC1=O. The van der Waals surface area contributed by atoms with Gasteiger partial charge in [0.1, 0.15) is 5.25 Å². The molecule has 1 fully saturated rings. The lowest BCUT2D eigenvalue weighted by Crippen LogP contribution is -2.32. The molecular formula is C10H21N3O3S. The van der Waals surface area contributed by atoms with Gasteiger partial charge in [0.25, 0.3) is 0 Å². The van der Waals surface area contributed by atoms with Crippen LogP contribution in [0.1, 0.15) is 19.3 Å². The third kappa shape index (κ3) is 4.61. The van der Waals surface area contributed by atoms with Gasteiger partial charge in [0, 0.05) is 19.5 Å². The van der Waals surface area contributed by atoms with Gasteiger partial charge in [-0.25, -0.2) is 13.6 Å². The van der Waals surface area contributed by atoms with Crippen LogP contribution in [0.2, 0.25) is 0 Å². The quantitative estimate of drug-likeness (QED) is 0.637. The van der Waals surface area contributed by atoms with E-state index in [4.69, 9.17) is 5.14 Å². The number of hydrogen-bond acceptors (Lipinski definition) is 4. The van der Waals surface area contributed by atoms with Gasteiger partial charge >= 0.3 is 0 Å². The van der Waals surface area contributed by atoms with Crippen LogP contribution < -0.4 is 5.14 Å². The molecule has 0 aromatic heterocycles. The summed E-state index contributed by atoms with van der Waals surface area (Å²) in [5.74, 6) is -0.103. The number of nitrogens with two attached hydrogens (primary N) is 1. The fraction of sp³-hybridized carbons (Fsp3) is 0.900. The molecule has 0 saturated carbocycles. The van der Waals surface area contributed by atoms with Crippen LogP contribution in [0.4, 0.5) is 0 Å². The Balaban J connectivity index is 2.34. The Morgan fingerprint density at radius 3 is 2.53 bits per heavy atom. The molecule has 0 aliphatic carbocycles. The number of amides is 1. The predicted octanol–water partition coefficient (Wildman–Crippen LogP) is -0.782. The molecule has 6 nitrogen and oxygen atoms in total. The molecule has 1 heterocycles. The first kappa shape index (κ1) is 14.4. The predicted molar refractivity (Wildman–Crippen MR) is 65.9 cm³/mol. The number of rotatable bonds is 6. The van der Waals surface area contributed by atoms with Gasteiger partial charge in [0.2, 0.25) is 15.9 Å². The second-order valence-electron chi connectivity index (χ2n) is 4.77. The van der Waals surface area contributed by atoms with Gasteiger partial charge in [0.05, 0.1) is 0 Å². The van der Waals surface area contributed by atoms with Crippen molar-refractivity contribution in [1.82, 2.24) is 9.80 Å². The number of likely N-dealkylation sites (tertiary alicyclic amines) is 1. The number of carbonyl (C=O) groups is 1. The molecule has 17 heavy (non-hydrogen) atoms. The van der Waals surface area contributed by atoms with Gasteiger partial charge in [-0.05, 0) is 33.5 Å². The summed E-state index contributed by atoms with van der Waals surface area (Å²) in [7, 11) is 0.413. The van der Waals surface area contributed by atoms with Crippen LogP contribution in [0.25, 0.3) is 0 Å². The molecule has 0 aromatic carbocycles. The van der Waals surface area contributed by atoms with Crippen LogP contribution in [0.15, 0.2) is 0 Å². The largest absolute Gasteiger partial charge is 0.341 e. The molecule has 7 heteroatoms. The smallest absolute Gasteiger partial charge is 0.224 e. The van der Waals surface area contributed by atoms with E-state index < -0.39 is 15.3 Å². The van der Waals surface area contributed by atoms with E-state index in [1.54, 1.807) is 4.90 Å². The molecule has 0 radical (unpaired) electrons. The molecule has 1 atom stereocenters. The van der Waals surface area contributed by atoms with Crippen molar-refractivity contribution >= 4 is 15.9 Å². The van der Waals surface area contributed by atoms with Crippen LogP contribution in [-0.4, -0.2) is 63.1 Å². The van der Waals surface area contributed by atoms with Crippen molar-refractivity contribution in [2.24, 2.45) is 5.14 Å². The maximum absolute atomic E-state index is 11.6. The lowest BCUT2D eigenvalue weighted by molar-refractivity contribution is -0.127. The maximum atomic E-state index is 11.6. The van der Waals surface area contributed by atoms with Crippen molar-refractivity contribution in [1.29, 1.82) is 0 Å². The summed E-state index contributed by atoms with van der Waals surface area (Å²) in [4.78, 5) is 15.2. The summed E-state index contributed by atoms with van der Waals surface area (Å²) in [5.41, 5.74) is 0. The van der Waals surface area contributed by atoms with Crippen molar-refractivity contribution in [3.63, 3.8) is 0 Å². The number of nitrogens with zero attached hydrogens (tertiary/aromatic N) is 2. The second kappa shape index (κ2) is 5.79. The topological polar surface area (TPSA) is 83.7 Å². The van der Waals surface area contributed by atoms with E-state index in [1.165, 1.54) is 0 Å². The maximum Gasteiger partial charge on any atom is 0.224 e. The standard InChI is InChI=1S/C10H21N3O3S/c1-12(2)5-3-4-6-13-8-9(7-10(13)14)17(11,15)16/h9H,3-8H2,1-2H3,(H2,11,15,16). The second-order valence-corrected chi connectivity index (χ2v) is 6.61. The van der Waals surface area contributed by atoms with Gasteiger partial charge in [-0.15, -0.1) is 0 Å². The Kier molecular flexibility index (Phi) is 4.91. The number of carbonyl (C=O) groups excluding carboxylic acids is 1. The van der Waals surface area contributed by atoms with Crippen LogP contribution in [0.3, 0.4) is 0 Å². The summed E-state index contributed by atoms with van der Waals surface area (Å²) < 4.78 is 22.3. The molecule has 1 unspecified atom stereocenters. The fourth-order valence-electron chi connectivity index (χ4n) is 1.90. The van der Waals surface area contributed by atoms with E-state index in [2.05, 4.69) is 4.90 Å². The summed E-state index contributed by atoms with van der Waals surface area (Å²) in [6.07, 6.45) is 1.92. The Labute approximate surface area is 103 Å². The van der Waals surface area contributed by atoms with Gasteiger partial charge in [-0.3, -0.25) is 4.79 Å². The highest BCUT2D eigenvalue weighted by molar-refractivity contribution is 7.89. The Hall–Kier alpha value is -0.660. The Morgan fingerprint density at radius 2 is 2.06 bits per heavy atom. The first-order chi connectivity index (χ1) is 7.80. The Morgan fingerprint density at radius 1 is 1.41 bits per heavy atom. The van der Waals surface area contributed by atoms with Crippen LogP contribution in [0, 0.1) is 0 Å². The summed E-state index contributed by atoms with van der Waals surface area (Å²) in [6, 6.07) is 0. The van der Waals surface area contributed by atoms with Crippen LogP contribution in [-0.2, 0) is 14.8 Å². The van der Waals surface area contributed by atoms with E-state index in [0.29, 0.717) is 6.54 Å². The lowest BCUT2D eigenvalue weighted by Gasteiger charge is -2.16. The molecule has 1 aliphatic heterocycles. The first-order valence-corrected chi connectivity index (χ1v) is 7.36. The molecule has 0 aromatic rings. The highest BCUT2D eigenvalue weighted by atomic mass is 32.2. The number of primary sulfonamides is 1. The Bertz CT molecular complexity index is 367. The van der Waals surface area contributed by atoms with Crippen LogP contribution >= 0.6 is 0 Å². The third-order valence-electron chi connectivity index (χ3n) is 2.93. The van der Waals surface area contributed by atoms with Gasteiger partial charge in [-0.1, -0.05) is 0 Å². The minimum atomic E-state index is -3.58. The fourth-order valence-corrected chi connectivity index (χ4v) is 2.67. The minimum Gasteiger partial charge on any atom is -0.341 e. The van der Waals surface area contributed by atoms with Gasteiger partial charge < -0.3 is 9.80 Å². The number of unbranched alkanes of at least 4 members (excludes halogenated alkanes) is 1. The summed E-state index contributed by atoms with van der Waals surface area (Å²) >= 11 is 0. The molecule has 1 amide bonds. The van der Waals surface area contributed by atoms with Crippen LogP contribution in [0.5, 0.6) is 0 Å². The van der Waals surface area contributed by atoms with E-state index in [9.17, 15) is 13.2 Å². The number of hydrogen-bond donors (Lipinski definition) is 1. The molecule has 1 aliphatic rings. The van der Waals surface area contributed by atoms with Crippen molar-refractivity contribution in [2.45, 2.75) is 24.5 Å². The highest BCUT2D eigenvalue weighted by Crippen LogP contribution is 2.16. The summed E-state index contributed by atoms with van der Waals surface area (Å²) in [6.45, 7) is 1.85. The molecule has 100 valence electrons. The van der Waals surface area contributed by atoms with E-state index >= 15 is 0 Å². The zero-order chi connectivity index (χ0) is 13.1. The van der Waals surface area contributed by atoms with E-state index in [0.717, 1.165) is 19.4 Å². The molecular weight excluding hydrogens is 242 g/mol. The number of sulfonamides is 1. The molecule has 0 bridgehead atoms. The molecule has 0 spiro atoms. The average molecular weight is 263 g/mol.